The second-order valence-electron chi connectivity index (χ2n) is 5.78. The van der Waals surface area contributed by atoms with Crippen molar-refractivity contribution in [2.75, 3.05) is 0 Å². The zero-order valence-electron chi connectivity index (χ0n) is 15.2. The highest BCUT2D eigenvalue weighted by Gasteiger charge is 2.27. The van der Waals surface area contributed by atoms with Crippen molar-refractivity contribution >= 4 is 11.2 Å². The quantitative estimate of drug-likeness (QED) is 0.704. The summed E-state index contributed by atoms with van der Waals surface area (Å²) in [7, 11) is 1.84. The van der Waals surface area contributed by atoms with Crippen molar-refractivity contribution in [3.8, 4) is 0 Å². The minimum atomic E-state index is -1.21. The molecule has 0 bridgehead atoms. The van der Waals surface area contributed by atoms with Crippen LogP contribution in [-0.2, 0) is 13.6 Å². The first-order valence-electron chi connectivity index (χ1n) is 8.64. The number of aryl methyl sites for hydroxylation is 1. The van der Waals surface area contributed by atoms with Gasteiger partial charge in [-0.05, 0) is 18.2 Å². The molecule has 1 N–H and O–H groups in total. The van der Waals surface area contributed by atoms with E-state index < -0.39 is 23.6 Å². The first kappa shape index (κ1) is 18.8. The Hall–Kier alpha value is -3.03. The van der Waals surface area contributed by atoms with E-state index in [0.717, 1.165) is 17.2 Å². The molecule has 0 amide bonds. The lowest BCUT2D eigenvalue weighted by Crippen LogP contribution is -2.28. The van der Waals surface area contributed by atoms with Gasteiger partial charge in [-0.2, -0.15) is 0 Å². The molecule has 2 aromatic heterocycles. The SMILES string of the molecule is CC.Cn1c(CN2C=CNC2c2cc(F)cc(F)c2F)nc2cccnc21. The highest BCUT2D eigenvalue weighted by atomic mass is 19.2. The Kier molecular flexibility index (Phi) is 5.34. The number of nitrogens with one attached hydrogen (secondary N) is 1. The van der Waals surface area contributed by atoms with E-state index >= 15 is 0 Å². The smallest absolute Gasteiger partial charge is 0.166 e. The highest BCUT2D eigenvalue weighted by molar-refractivity contribution is 5.70. The molecule has 8 heteroatoms. The Morgan fingerprint density at radius 2 is 1.96 bits per heavy atom. The molecule has 0 saturated carbocycles. The summed E-state index contributed by atoms with van der Waals surface area (Å²) in [4.78, 5) is 10.5. The largest absolute Gasteiger partial charge is 0.366 e. The molecule has 1 unspecified atom stereocenters. The lowest BCUT2D eigenvalue weighted by atomic mass is 10.1. The van der Waals surface area contributed by atoms with Crippen LogP contribution in [-0.4, -0.2) is 19.4 Å². The number of aromatic nitrogens is 3. The van der Waals surface area contributed by atoms with Crippen LogP contribution < -0.4 is 5.32 Å². The van der Waals surface area contributed by atoms with Gasteiger partial charge in [-0.15, -0.1) is 0 Å². The molecule has 0 spiro atoms. The van der Waals surface area contributed by atoms with Gasteiger partial charge in [0.05, 0.1) is 6.54 Å². The summed E-state index contributed by atoms with van der Waals surface area (Å²) in [6, 6.07) is 5.17. The summed E-state index contributed by atoms with van der Waals surface area (Å²) in [5.74, 6) is -2.41. The number of fused-ring (bicyclic) bond motifs is 1. The third-order valence-corrected chi connectivity index (χ3v) is 4.21. The summed E-state index contributed by atoms with van der Waals surface area (Å²) in [6.07, 6.45) is 4.25. The van der Waals surface area contributed by atoms with Crippen molar-refractivity contribution in [1.82, 2.24) is 24.8 Å². The van der Waals surface area contributed by atoms with Gasteiger partial charge < -0.3 is 14.8 Å². The third kappa shape index (κ3) is 3.47. The van der Waals surface area contributed by atoms with Crippen LogP contribution in [0.15, 0.2) is 42.9 Å². The van der Waals surface area contributed by atoms with Crippen LogP contribution in [0.25, 0.3) is 11.2 Å². The first-order valence-corrected chi connectivity index (χ1v) is 8.64. The van der Waals surface area contributed by atoms with Crippen molar-refractivity contribution in [3.05, 3.63) is 71.7 Å². The topological polar surface area (TPSA) is 46.0 Å². The number of hydrogen-bond acceptors (Lipinski definition) is 4. The number of halogens is 3. The van der Waals surface area contributed by atoms with Crippen LogP contribution in [0.2, 0.25) is 0 Å². The van der Waals surface area contributed by atoms with E-state index in [0.29, 0.717) is 18.4 Å². The van der Waals surface area contributed by atoms with Crippen LogP contribution in [0.3, 0.4) is 0 Å². The Bertz CT molecular complexity index is 983. The normalized spacial score (nSPS) is 15.6. The van der Waals surface area contributed by atoms with Crippen LogP contribution in [0.1, 0.15) is 31.4 Å². The van der Waals surface area contributed by atoms with Gasteiger partial charge in [-0.1, -0.05) is 13.8 Å². The summed E-state index contributed by atoms with van der Waals surface area (Å²) < 4.78 is 43.0. The maximum atomic E-state index is 14.1. The van der Waals surface area contributed by atoms with Gasteiger partial charge in [0.15, 0.2) is 17.3 Å². The predicted octanol–water partition coefficient (Wildman–Crippen LogP) is 3.99. The molecule has 142 valence electrons. The molecule has 0 fully saturated rings. The van der Waals surface area contributed by atoms with Gasteiger partial charge in [0.2, 0.25) is 0 Å². The predicted molar refractivity (Wildman–Crippen MR) is 96.7 cm³/mol. The van der Waals surface area contributed by atoms with E-state index in [4.69, 9.17) is 0 Å². The first-order chi connectivity index (χ1) is 13.0. The number of imidazole rings is 1. The van der Waals surface area contributed by atoms with Gasteiger partial charge in [-0.3, -0.25) is 0 Å². The van der Waals surface area contributed by atoms with Crippen LogP contribution in [0, 0.1) is 17.5 Å². The maximum Gasteiger partial charge on any atom is 0.166 e. The summed E-state index contributed by atoms with van der Waals surface area (Å²) in [6.45, 7) is 4.32. The average molecular weight is 375 g/mol. The molecule has 1 atom stereocenters. The Labute approximate surface area is 155 Å². The van der Waals surface area contributed by atoms with E-state index in [9.17, 15) is 13.2 Å². The molecular formula is C19H20F3N5. The maximum absolute atomic E-state index is 14.1. The zero-order valence-corrected chi connectivity index (χ0v) is 15.2. The molecule has 3 heterocycles. The number of pyridine rings is 1. The zero-order chi connectivity index (χ0) is 19.6. The fourth-order valence-electron chi connectivity index (χ4n) is 2.97. The van der Waals surface area contributed by atoms with Crippen molar-refractivity contribution in [3.63, 3.8) is 0 Å². The monoisotopic (exact) mass is 375 g/mol. The minimum Gasteiger partial charge on any atom is -0.366 e. The van der Waals surface area contributed by atoms with Gasteiger partial charge >= 0.3 is 0 Å². The fraction of sp³-hybridized carbons (Fsp3) is 0.263. The number of hydrogen-bond donors (Lipinski definition) is 1. The Morgan fingerprint density at radius 3 is 2.70 bits per heavy atom. The second-order valence-corrected chi connectivity index (χ2v) is 5.78. The average Bonchev–Trinajstić information content (AvgIpc) is 3.25. The fourth-order valence-corrected chi connectivity index (χ4v) is 2.97. The lowest BCUT2D eigenvalue weighted by molar-refractivity contribution is 0.258. The summed E-state index contributed by atoms with van der Waals surface area (Å²) >= 11 is 0. The van der Waals surface area contributed by atoms with Gasteiger partial charge in [0.25, 0.3) is 0 Å². The lowest BCUT2D eigenvalue weighted by Gasteiger charge is -2.26. The minimum absolute atomic E-state index is 0.0978. The van der Waals surface area contributed by atoms with Gasteiger partial charge in [0, 0.05) is 37.3 Å². The van der Waals surface area contributed by atoms with Crippen LogP contribution >= 0.6 is 0 Å². The van der Waals surface area contributed by atoms with E-state index in [1.165, 1.54) is 0 Å². The number of benzene rings is 1. The Balaban J connectivity index is 0.00000102. The number of nitrogens with zero attached hydrogens (tertiary/aromatic N) is 4. The van der Waals surface area contributed by atoms with E-state index in [2.05, 4.69) is 15.3 Å². The van der Waals surface area contributed by atoms with Crippen LogP contribution in [0.5, 0.6) is 0 Å². The van der Waals surface area contributed by atoms with Crippen LogP contribution in [0.4, 0.5) is 13.2 Å². The standard InChI is InChI=1S/C17H14F3N5.C2H6/c1-24-14(23-13-3-2-4-21-17(13)24)9-25-6-5-22-16(25)11-7-10(18)8-12(19)15(11)20;1-2/h2-8,16,22H,9H2,1H3;1-2H3. The van der Waals surface area contributed by atoms with E-state index in [1.807, 2.05) is 31.5 Å². The third-order valence-electron chi connectivity index (χ3n) is 4.21. The molecule has 0 radical (unpaired) electrons. The second kappa shape index (κ2) is 7.69. The summed E-state index contributed by atoms with van der Waals surface area (Å²) in [5, 5.41) is 2.91. The van der Waals surface area contributed by atoms with Crippen molar-refractivity contribution in [1.29, 1.82) is 0 Å². The molecule has 1 aliphatic rings. The molecular weight excluding hydrogens is 355 g/mol. The molecule has 4 rings (SSSR count). The Morgan fingerprint density at radius 1 is 1.19 bits per heavy atom. The molecule has 3 aromatic rings. The molecule has 27 heavy (non-hydrogen) atoms. The van der Waals surface area contributed by atoms with Crippen molar-refractivity contribution in [2.24, 2.45) is 7.05 Å². The van der Waals surface area contributed by atoms with E-state index in [-0.39, 0.29) is 5.56 Å². The van der Waals surface area contributed by atoms with Crippen molar-refractivity contribution in [2.45, 2.75) is 26.6 Å². The van der Waals surface area contributed by atoms with Crippen molar-refractivity contribution < 1.29 is 13.2 Å². The molecule has 0 saturated heterocycles. The summed E-state index contributed by atoms with van der Waals surface area (Å²) in [5.41, 5.74) is 1.38. The molecule has 1 aliphatic heterocycles. The molecule has 5 nitrogen and oxygen atoms in total. The van der Waals surface area contributed by atoms with E-state index in [1.54, 1.807) is 29.6 Å². The highest BCUT2D eigenvalue weighted by Crippen LogP contribution is 2.28. The molecule has 0 aliphatic carbocycles. The molecule has 1 aromatic carbocycles. The van der Waals surface area contributed by atoms with Gasteiger partial charge in [0.1, 0.15) is 23.3 Å². The number of rotatable bonds is 3. The van der Waals surface area contributed by atoms with Gasteiger partial charge in [-0.25, -0.2) is 23.1 Å².